The number of carbonyl (C=O) groups excluding carboxylic acids is 1. The van der Waals surface area contributed by atoms with Gasteiger partial charge in [-0.15, -0.1) is 0 Å². The summed E-state index contributed by atoms with van der Waals surface area (Å²) in [7, 11) is -0.417. The van der Waals surface area contributed by atoms with Gasteiger partial charge >= 0.3 is 13.1 Å². The molecule has 1 saturated carbocycles. The van der Waals surface area contributed by atoms with Crippen molar-refractivity contribution in [2.24, 2.45) is 5.92 Å². The van der Waals surface area contributed by atoms with Crippen molar-refractivity contribution in [1.82, 2.24) is 4.98 Å². The number of ether oxygens (including phenoxy) is 2. The Morgan fingerprint density at radius 3 is 2.20 bits per heavy atom. The Morgan fingerprint density at radius 2 is 1.70 bits per heavy atom. The summed E-state index contributed by atoms with van der Waals surface area (Å²) in [5.74, 6) is 0.885. The van der Waals surface area contributed by atoms with E-state index in [1.165, 1.54) is 0 Å². The summed E-state index contributed by atoms with van der Waals surface area (Å²) in [6.07, 6.45) is 6.18. The van der Waals surface area contributed by atoms with Crippen molar-refractivity contribution in [2.45, 2.75) is 103 Å². The molecule has 2 aliphatic rings. The summed E-state index contributed by atoms with van der Waals surface area (Å²) in [6, 6.07) is 3.84. The Kier molecular flexibility index (Phi) is 6.54. The highest BCUT2D eigenvalue weighted by Crippen LogP contribution is 2.36. The van der Waals surface area contributed by atoms with Crippen LogP contribution in [0.3, 0.4) is 0 Å². The molecule has 0 amide bonds. The smallest absolute Gasteiger partial charge is 0.474 e. The molecule has 7 heteroatoms. The van der Waals surface area contributed by atoms with E-state index >= 15 is 0 Å². The van der Waals surface area contributed by atoms with Gasteiger partial charge in [-0.1, -0.05) is 6.07 Å². The predicted octanol–water partition coefficient (Wildman–Crippen LogP) is 4.05. The number of rotatable bonds is 5. The van der Waals surface area contributed by atoms with Crippen molar-refractivity contribution in [2.75, 3.05) is 0 Å². The van der Waals surface area contributed by atoms with Crippen molar-refractivity contribution >= 4 is 18.6 Å². The molecule has 2 fully saturated rings. The van der Waals surface area contributed by atoms with Crippen molar-refractivity contribution in [3.8, 4) is 5.88 Å². The minimum Gasteiger partial charge on any atom is -0.474 e. The van der Waals surface area contributed by atoms with Crippen LogP contribution in [-0.4, -0.2) is 41.0 Å². The molecule has 0 bridgehead atoms. The fourth-order valence-corrected chi connectivity index (χ4v) is 3.82. The molecule has 1 aliphatic carbocycles. The molecule has 166 valence electrons. The first-order valence-electron chi connectivity index (χ1n) is 11.0. The van der Waals surface area contributed by atoms with Crippen LogP contribution in [0.25, 0.3) is 0 Å². The van der Waals surface area contributed by atoms with Crippen LogP contribution in [0, 0.1) is 5.92 Å². The molecule has 0 radical (unpaired) electrons. The first-order valence-corrected chi connectivity index (χ1v) is 11.0. The van der Waals surface area contributed by atoms with Gasteiger partial charge in [0.15, 0.2) is 0 Å². The Balaban J connectivity index is 1.47. The lowest BCUT2D eigenvalue weighted by Gasteiger charge is -2.32. The first kappa shape index (κ1) is 23.1. The molecule has 0 atom stereocenters. The van der Waals surface area contributed by atoms with E-state index < -0.39 is 12.7 Å². The molecular formula is C23H36BNO5. The predicted molar refractivity (Wildman–Crippen MR) is 117 cm³/mol. The molecule has 0 spiro atoms. The second-order valence-corrected chi connectivity index (χ2v) is 10.6. The molecule has 2 heterocycles. The Morgan fingerprint density at radius 1 is 1.10 bits per heavy atom. The number of carbonyl (C=O) groups is 1. The molecule has 1 aromatic heterocycles. The van der Waals surface area contributed by atoms with Gasteiger partial charge < -0.3 is 18.8 Å². The van der Waals surface area contributed by atoms with E-state index in [4.69, 9.17) is 18.8 Å². The SMILES string of the molecule is CC(C)(C)OC(=O)C[C@H]1CC[C@@H](Oc2ccc(B3OC(C)(C)C(C)(C)O3)cn2)CC1. The van der Waals surface area contributed by atoms with Crippen LogP contribution < -0.4 is 10.2 Å². The van der Waals surface area contributed by atoms with Crippen LogP contribution in [0.4, 0.5) is 0 Å². The summed E-state index contributed by atoms with van der Waals surface area (Å²) < 4.78 is 23.7. The van der Waals surface area contributed by atoms with Gasteiger partial charge in [-0.3, -0.25) is 4.79 Å². The van der Waals surface area contributed by atoms with Crippen LogP contribution in [0.15, 0.2) is 18.3 Å². The third-order valence-corrected chi connectivity index (χ3v) is 6.24. The fraction of sp³-hybridized carbons (Fsp3) is 0.739. The van der Waals surface area contributed by atoms with Gasteiger partial charge in [0.25, 0.3) is 0 Å². The molecular weight excluding hydrogens is 381 g/mol. The van der Waals surface area contributed by atoms with E-state index in [1.54, 1.807) is 6.20 Å². The number of hydrogen-bond donors (Lipinski definition) is 0. The molecule has 1 aromatic rings. The number of hydrogen-bond acceptors (Lipinski definition) is 6. The fourth-order valence-electron chi connectivity index (χ4n) is 3.82. The van der Waals surface area contributed by atoms with Crippen LogP contribution in [0.2, 0.25) is 0 Å². The maximum absolute atomic E-state index is 12.0. The highest BCUT2D eigenvalue weighted by molar-refractivity contribution is 6.62. The van der Waals surface area contributed by atoms with Gasteiger partial charge in [0, 0.05) is 18.1 Å². The Labute approximate surface area is 181 Å². The monoisotopic (exact) mass is 417 g/mol. The average molecular weight is 417 g/mol. The zero-order valence-corrected chi connectivity index (χ0v) is 19.5. The maximum atomic E-state index is 12.0. The summed E-state index contributed by atoms with van der Waals surface area (Å²) in [5, 5.41) is 0. The normalized spacial score (nSPS) is 25.8. The van der Waals surface area contributed by atoms with Gasteiger partial charge in [0.1, 0.15) is 11.7 Å². The van der Waals surface area contributed by atoms with E-state index in [1.807, 2.05) is 60.6 Å². The van der Waals surface area contributed by atoms with Crippen molar-refractivity contribution in [3.05, 3.63) is 18.3 Å². The number of nitrogens with zero attached hydrogens (tertiary/aromatic N) is 1. The topological polar surface area (TPSA) is 66.9 Å². The zero-order valence-electron chi connectivity index (χ0n) is 19.5. The van der Waals surface area contributed by atoms with Crippen LogP contribution in [-0.2, 0) is 18.8 Å². The van der Waals surface area contributed by atoms with Gasteiger partial charge in [-0.05, 0) is 86.1 Å². The molecule has 0 unspecified atom stereocenters. The van der Waals surface area contributed by atoms with E-state index in [0.717, 1.165) is 31.1 Å². The van der Waals surface area contributed by atoms with Gasteiger partial charge in [-0.25, -0.2) is 4.98 Å². The van der Waals surface area contributed by atoms with E-state index in [9.17, 15) is 4.79 Å². The molecule has 1 saturated heterocycles. The quantitative estimate of drug-likeness (QED) is 0.532. The van der Waals surface area contributed by atoms with Gasteiger partial charge in [0.2, 0.25) is 5.88 Å². The molecule has 0 aromatic carbocycles. The van der Waals surface area contributed by atoms with Crippen LogP contribution in [0.1, 0.15) is 80.6 Å². The molecule has 1 aliphatic heterocycles. The second-order valence-electron chi connectivity index (χ2n) is 10.6. The van der Waals surface area contributed by atoms with Crippen molar-refractivity contribution < 1.29 is 23.6 Å². The van der Waals surface area contributed by atoms with Gasteiger partial charge in [-0.2, -0.15) is 0 Å². The summed E-state index contributed by atoms with van der Waals surface area (Å²) in [4.78, 5) is 16.5. The average Bonchev–Trinajstić information content (AvgIpc) is 2.83. The zero-order chi connectivity index (χ0) is 22.2. The highest BCUT2D eigenvalue weighted by Gasteiger charge is 2.51. The van der Waals surface area contributed by atoms with E-state index in [2.05, 4.69) is 4.98 Å². The third kappa shape index (κ3) is 5.76. The highest BCUT2D eigenvalue weighted by atomic mass is 16.7. The molecule has 30 heavy (non-hydrogen) atoms. The Hall–Kier alpha value is -1.60. The number of esters is 1. The number of pyridine rings is 1. The van der Waals surface area contributed by atoms with E-state index in [-0.39, 0.29) is 23.3 Å². The molecule has 0 N–H and O–H groups in total. The van der Waals surface area contributed by atoms with Crippen LogP contribution in [0.5, 0.6) is 5.88 Å². The lowest BCUT2D eigenvalue weighted by Crippen LogP contribution is -2.41. The standard InChI is InChI=1S/C23H36BNO5/c1-21(2,3)28-20(26)14-16-8-11-18(12-9-16)27-19-13-10-17(15-25-19)24-29-22(4,5)23(6,7)30-24/h10,13,15-16,18H,8-9,11-12,14H2,1-7H3/t16-,18+. The molecule has 6 nitrogen and oxygen atoms in total. The second kappa shape index (κ2) is 8.50. The van der Waals surface area contributed by atoms with E-state index in [0.29, 0.717) is 18.2 Å². The summed E-state index contributed by atoms with van der Waals surface area (Å²) in [6.45, 7) is 13.9. The third-order valence-electron chi connectivity index (χ3n) is 6.24. The number of aromatic nitrogens is 1. The largest absolute Gasteiger partial charge is 0.496 e. The van der Waals surface area contributed by atoms with Crippen LogP contribution >= 0.6 is 0 Å². The minimum atomic E-state index is -0.421. The summed E-state index contributed by atoms with van der Waals surface area (Å²) in [5.41, 5.74) is -0.271. The van der Waals surface area contributed by atoms with Crippen molar-refractivity contribution in [1.29, 1.82) is 0 Å². The van der Waals surface area contributed by atoms with Crippen molar-refractivity contribution in [3.63, 3.8) is 0 Å². The lowest BCUT2D eigenvalue weighted by atomic mass is 9.80. The first-order chi connectivity index (χ1) is 13.8. The molecule has 3 rings (SSSR count). The summed E-state index contributed by atoms with van der Waals surface area (Å²) >= 11 is 0. The maximum Gasteiger partial charge on any atom is 0.496 e. The van der Waals surface area contributed by atoms with Gasteiger partial charge in [0.05, 0.1) is 11.2 Å². The Bertz CT molecular complexity index is 717. The minimum absolute atomic E-state index is 0.105. The lowest BCUT2D eigenvalue weighted by molar-refractivity contribution is -0.156.